The molecule has 25 heavy (non-hydrogen) atoms. The van der Waals surface area contributed by atoms with Crippen LogP contribution in [0.2, 0.25) is 5.02 Å². The molecule has 8 heteroatoms. The number of halogens is 1. The number of carbonyl (C=O) groups excluding carboxylic acids is 1. The van der Waals surface area contributed by atoms with Crippen LogP contribution < -0.4 is 0 Å². The molecule has 1 aliphatic heterocycles. The first kappa shape index (κ1) is 17.4. The van der Waals surface area contributed by atoms with Gasteiger partial charge in [-0.05, 0) is 18.6 Å². The Kier molecular flexibility index (Phi) is 5.06. The molecule has 132 valence electrons. The molecule has 1 aromatic carbocycles. The molecule has 7 nitrogen and oxygen atoms in total. The van der Waals surface area contributed by atoms with Crippen LogP contribution >= 0.6 is 11.6 Å². The highest BCUT2D eigenvalue weighted by Gasteiger charge is 2.37. The van der Waals surface area contributed by atoms with Crippen molar-refractivity contribution in [3.05, 3.63) is 41.0 Å². The average molecular weight is 364 g/mol. The molecule has 2 N–H and O–H groups in total. The van der Waals surface area contributed by atoms with Crippen LogP contribution in [-0.4, -0.2) is 57.9 Å². The third kappa shape index (κ3) is 3.67. The molecule has 1 amide bonds. The zero-order valence-electron chi connectivity index (χ0n) is 13.6. The highest BCUT2D eigenvalue weighted by Crippen LogP contribution is 2.28. The Morgan fingerprint density at radius 3 is 2.88 bits per heavy atom. The normalized spacial score (nSPS) is 20.0. The SMILES string of the molecule is COC1CC(CC(=O)O)N(C(=O)c2cc(-c3ccccc3Cl)n[nH]2)C1. The Morgan fingerprint density at radius 1 is 1.44 bits per heavy atom. The van der Waals surface area contributed by atoms with E-state index in [1.165, 1.54) is 4.90 Å². The summed E-state index contributed by atoms with van der Waals surface area (Å²) in [6, 6.07) is 8.44. The topological polar surface area (TPSA) is 95.5 Å². The Labute approximate surface area is 149 Å². The number of rotatable bonds is 5. The van der Waals surface area contributed by atoms with E-state index in [0.717, 1.165) is 5.56 Å². The summed E-state index contributed by atoms with van der Waals surface area (Å²) < 4.78 is 5.30. The predicted octanol–water partition coefficient (Wildman–Crippen LogP) is 2.43. The summed E-state index contributed by atoms with van der Waals surface area (Å²) in [5.41, 5.74) is 1.58. The molecule has 2 atom stereocenters. The molecule has 0 spiro atoms. The standard InChI is InChI=1S/C17H18ClN3O4/c1-25-11-6-10(7-16(22)23)21(9-11)17(24)15-8-14(19-20-15)12-4-2-3-5-13(12)18/h2-5,8,10-11H,6-7,9H2,1H3,(H,19,20)(H,22,23). The minimum Gasteiger partial charge on any atom is -0.481 e. The van der Waals surface area contributed by atoms with Crippen molar-refractivity contribution in [2.75, 3.05) is 13.7 Å². The Hall–Kier alpha value is -2.38. The fraction of sp³-hybridized carbons (Fsp3) is 0.353. The lowest BCUT2D eigenvalue weighted by molar-refractivity contribution is -0.138. The van der Waals surface area contributed by atoms with Gasteiger partial charge in [0, 0.05) is 25.3 Å². The van der Waals surface area contributed by atoms with Crippen LogP contribution in [0, 0.1) is 0 Å². The van der Waals surface area contributed by atoms with E-state index in [2.05, 4.69) is 10.2 Å². The van der Waals surface area contributed by atoms with Gasteiger partial charge in [-0.25, -0.2) is 0 Å². The molecule has 1 aromatic heterocycles. The summed E-state index contributed by atoms with van der Waals surface area (Å²) in [5.74, 6) is -1.24. The largest absolute Gasteiger partial charge is 0.481 e. The number of methoxy groups -OCH3 is 1. The lowest BCUT2D eigenvalue weighted by Gasteiger charge is -2.22. The molecule has 1 fully saturated rings. The highest BCUT2D eigenvalue weighted by molar-refractivity contribution is 6.33. The van der Waals surface area contributed by atoms with Gasteiger partial charge in [-0.3, -0.25) is 14.7 Å². The number of aromatic nitrogens is 2. The van der Waals surface area contributed by atoms with Crippen LogP contribution in [0.5, 0.6) is 0 Å². The summed E-state index contributed by atoms with van der Waals surface area (Å²) in [5, 5.41) is 16.5. The van der Waals surface area contributed by atoms with E-state index in [0.29, 0.717) is 29.4 Å². The minimum absolute atomic E-state index is 0.114. The lowest BCUT2D eigenvalue weighted by Crippen LogP contribution is -2.37. The molecule has 0 radical (unpaired) electrons. The van der Waals surface area contributed by atoms with E-state index in [4.69, 9.17) is 21.4 Å². The number of ether oxygens (including phenoxy) is 1. The van der Waals surface area contributed by atoms with Crippen LogP contribution in [0.1, 0.15) is 23.3 Å². The second-order valence-electron chi connectivity index (χ2n) is 5.95. The monoisotopic (exact) mass is 363 g/mol. The van der Waals surface area contributed by atoms with Crippen molar-refractivity contribution in [3.8, 4) is 11.3 Å². The average Bonchev–Trinajstić information content (AvgIpc) is 3.21. The van der Waals surface area contributed by atoms with E-state index in [1.54, 1.807) is 19.2 Å². The summed E-state index contributed by atoms with van der Waals surface area (Å²) in [7, 11) is 1.56. The molecular formula is C17H18ClN3O4. The number of amides is 1. The van der Waals surface area contributed by atoms with Crippen LogP contribution in [0.3, 0.4) is 0 Å². The van der Waals surface area contributed by atoms with Crippen LogP contribution in [0.15, 0.2) is 30.3 Å². The first-order valence-electron chi connectivity index (χ1n) is 7.85. The molecular weight excluding hydrogens is 346 g/mol. The zero-order valence-corrected chi connectivity index (χ0v) is 14.4. The Balaban J connectivity index is 1.83. The maximum absolute atomic E-state index is 12.8. The first-order valence-corrected chi connectivity index (χ1v) is 8.23. The molecule has 0 aliphatic carbocycles. The van der Waals surface area contributed by atoms with Gasteiger partial charge < -0.3 is 14.7 Å². The fourth-order valence-electron chi connectivity index (χ4n) is 3.08. The number of nitrogens with zero attached hydrogens (tertiary/aromatic N) is 2. The molecule has 3 rings (SSSR count). The number of aromatic amines is 1. The third-order valence-electron chi connectivity index (χ3n) is 4.34. The van der Waals surface area contributed by atoms with E-state index in [1.807, 2.05) is 18.2 Å². The van der Waals surface area contributed by atoms with Gasteiger partial charge in [-0.15, -0.1) is 0 Å². The third-order valence-corrected chi connectivity index (χ3v) is 4.67. The molecule has 2 aromatic rings. The number of nitrogens with one attached hydrogen (secondary N) is 1. The summed E-state index contributed by atoms with van der Waals surface area (Å²) in [6.45, 7) is 0.355. The van der Waals surface area contributed by atoms with Gasteiger partial charge in [0.25, 0.3) is 5.91 Å². The number of hydrogen-bond acceptors (Lipinski definition) is 4. The van der Waals surface area contributed by atoms with Crippen molar-refractivity contribution in [1.29, 1.82) is 0 Å². The van der Waals surface area contributed by atoms with Crippen LogP contribution in [0.25, 0.3) is 11.3 Å². The number of carbonyl (C=O) groups is 2. The van der Waals surface area contributed by atoms with Gasteiger partial charge in [-0.1, -0.05) is 29.8 Å². The van der Waals surface area contributed by atoms with Crippen molar-refractivity contribution < 1.29 is 19.4 Å². The Morgan fingerprint density at radius 2 is 2.20 bits per heavy atom. The van der Waals surface area contributed by atoms with Gasteiger partial charge >= 0.3 is 5.97 Å². The minimum atomic E-state index is -0.944. The highest BCUT2D eigenvalue weighted by atomic mass is 35.5. The zero-order chi connectivity index (χ0) is 18.0. The number of hydrogen-bond donors (Lipinski definition) is 2. The lowest BCUT2D eigenvalue weighted by atomic mass is 10.1. The smallest absolute Gasteiger partial charge is 0.305 e. The second-order valence-corrected chi connectivity index (χ2v) is 6.36. The number of benzene rings is 1. The maximum atomic E-state index is 12.8. The number of likely N-dealkylation sites (tertiary alicyclic amines) is 1. The fourth-order valence-corrected chi connectivity index (χ4v) is 3.31. The Bertz CT molecular complexity index is 792. The van der Waals surface area contributed by atoms with E-state index in [9.17, 15) is 9.59 Å². The van der Waals surface area contributed by atoms with E-state index in [-0.39, 0.29) is 18.4 Å². The quantitative estimate of drug-likeness (QED) is 0.850. The molecule has 0 bridgehead atoms. The van der Waals surface area contributed by atoms with Gasteiger partial charge in [-0.2, -0.15) is 5.10 Å². The number of H-pyrrole nitrogens is 1. The number of aliphatic carboxylic acids is 1. The molecule has 2 unspecified atom stereocenters. The van der Waals surface area contributed by atoms with Crippen molar-refractivity contribution in [2.45, 2.75) is 25.0 Å². The van der Waals surface area contributed by atoms with Crippen molar-refractivity contribution in [2.24, 2.45) is 0 Å². The van der Waals surface area contributed by atoms with Crippen molar-refractivity contribution in [1.82, 2.24) is 15.1 Å². The van der Waals surface area contributed by atoms with Gasteiger partial charge in [0.2, 0.25) is 0 Å². The number of carboxylic acid groups (broad SMARTS) is 1. The van der Waals surface area contributed by atoms with Gasteiger partial charge in [0.15, 0.2) is 0 Å². The van der Waals surface area contributed by atoms with Gasteiger partial charge in [0.05, 0.1) is 23.2 Å². The van der Waals surface area contributed by atoms with Crippen LogP contribution in [0.4, 0.5) is 0 Å². The summed E-state index contributed by atoms with van der Waals surface area (Å²) in [6.07, 6.45) is 0.219. The van der Waals surface area contributed by atoms with Crippen LogP contribution in [-0.2, 0) is 9.53 Å². The molecule has 0 saturated carbocycles. The first-order chi connectivity index (χ1) is 12.0. The predicted molar refractivity (Wildman–Crippen MR) is 91.5 cm³/mol. The summed E-state index contributed by atoms with van der Waals surface area (Å²) in [4.78, 5) is 25.4. The molecule has 1 saturated heterocycles. The summed E-state index contributed by atoms with van der Waals surface area (Å²) >= 11 is 6.16. The van der Waals surface area contributed by atoms with E-state index >= 15 is 0 Å². The van der Waals surface area contributed by atoms with Crippen molar-refractivity contribution in [3.63, 3.8) is 0 Å². The van der Waals surface area contributed by atoms with E-state index < -0.39 is 12.0 Å². The van der Waals surface area contributed by atoms with Crippen molar-refractivity contribution >= 4 is 23.5 Å². The number of carboxylic acids is 1. The molecule has 1 aliphatic rings. The second kappa shape index (κ2) is 7.25. The molecule has 2 heterocycles. The van der Waals surface area contributed by atoms with Gasteiger partial charge in [0.1, 0.15) is 5.69 Å². The maximum Gasteiger partial charge on any atom is 0.305 e.